The van der Waals surface area contributed by atoms with Gasteiger partial charge in [0.1, 0.15) is 5.60 Å². The van der Waals surface area contributed by atoms with Crippen molar-refractivity contribution >= 4 is 5.96 Å². The summed E-state index contributed by atoms with van der Waals surface area (Å²) >= 11 is 0. The minimum Gasteiger partial charge on any atom is -0.378 e. The highest BCUT2D eigenvalue weighted by Gasteiger charge is 2.34. The van der Waals surface area contributed by atoms with Gasteiger partial charge in [-0.15, -0.1) is 0 Å². The van der Waals surface area contributed by atoms with Crippen molar-refractivity contribution in [2.45, 2.75) is 31.0 Å². The van der Waals surface area contributed by atoms with Gasteiger partial charge in [-0.2, -0.15) is 0 Å². The number of nitrogens with zero attached hydrogens (tertiary/aromatic N) is 1. The van der Waals surface area contributed by atoms with Crippen LogP contribution in [0.3, 0.4) is 0 Å². The lowest BCUT2D eigenvalue weighted by molar-refractivity contribution is -0.00906. The van der Waals surface area contributed by atoms with E-state index in [2.05, 4.69) is 10.3 Å². The van der Waals surface area contributed by atoms with E-state index >= 15 is 0 Å². The zero-order valence-corrected chi connectivity index (χ0v) is 11.0. The van der Waals surface area contributed by atoms with E-state index in [0.717, 1.165) is 39.0 Å². The van der Waals surface area contributed by atoms with E-state index in [1.807, 2.05) is 0 Å². The summed E-state index contributed by atoms with van der Waals surface area (Å²) in [7, 11) is 1.69. The average Bonchev–Trinajstić information content (AvgIpc) is 3.06. The Morgan fingerprint density at radius 2 is 2.44 bits per heavy atom. The molecule has 0 saturated carbocycles. The van der Waals surface area contributed by atoms with Crippen molar-refractivity contribution < 1.29 is 14.2 Å². The predicted molar refractivity (Wildman–Crippen MR) is 68.6 cm³/mol. The molecular formula is C12H23N3O3. The average molecular weight is 257 g/mol. The number of nitrogens with two attached hydrogens (primary N) is 1. The Hall–Kier alpha value is -0.850. The molecule has 0 aromatic carbocycles. The van der Waals surface area contributed by atoms with Crippen molar-refractivity contribution in [3.05, 3.63) is 0 Å². The van der Waals surface area contributed by atoms with Crippen LogP contribution in [0.15, 0.2) is 4.99 Å². The second kappa shape index (κ2) is 6.36. The van der Waals surface area contributed by atoms with Gasteiger partial charge in [0, 0.05) is 33.3 Å². The quantitative estimate of drug-likeness (QED) is 0.530. The zero-order valence-electron chi connectivity index (χ0n) is 11.0. The van der Waals surface area contributed by atoms with E-state index < -0.39 is 0 Å². The summed E-state index contributed by atoms with van der Waals surface area (Å²) in [5.74, 6) is 0.453. The van der Waals surface area contributed by atoms with Gasteiger partial charge in [0.15, 0.2) is 5.96 Å². The standard InChI is InChI=1S/C12H23N3O3/c1-16-12(4-6-17-9-12)8-15-11(13)14-7-10-3-2-5-18-10/h10H,2-9H2,1H3,(H3,13,14,15). The van der Waals surface area contributed by atoms with Crippen molar-refractivity contribution in [3.8, 4) is 0 Å². The second-order valence-electron chi connectivity index (χ2n) is 4.91. The highest BCUT2D eigenvalue weighted by molar-refractivity contribution is 5.77. The molecule has 0 aromatic rings. The summed E-state index contributed by atoms with van der Waals surface area (Å²) in [6.07, 6.45) is 3.36. The first-order valence-corrected chi connectivity index (χ1v) is 6.52. The Balaban J connectivity index is 1.73. The van der Waals surface area contributed by atoms with E-state index in [1.54, 1.807) is 7.11 Å². The van der Waals surface area contributed by atoms with E-state index in [1.165, 1.54) is 0 Å². The maximum atomic E-state index is 5.83. The summed E-state index contributed by atoms with van der Waals surface area (Å²) in [6.45, 7) is 3.44. The molecule has 2 fully saturated rings. The molecule has 0 aromatic heterocycles. The normalized spacial score (nSPS) is 32.9. The minimum atomic E-state index is -0.295. The van der Waals surface area contributed by atoms with Crippen LogP contribution in [0.4, 0.5) is 0 Å². The number of hydrogen-bond donors (Lipinski definition) is 2. The summed E-state index contributed by atoms with van der Waals surface area (Å²) in [6, 6.07) is 0. The lowest BCUT2D eigenvalue weighted by atomic mass is 10.0. The van der Waals surface area contributed by atoms with E-state index in [9.17, 15) is 0 Å². The van der Waals surface area contributed by atoms with Gasteiger partial charge in [0.2, 0.25) is 0 Å². The first-order valence-electron chi connectivity index (χ1n) is 6.52. The van der Waals surface area contributed by atoms with Gasteiger partial charge >= 0.3 is 0 Å². The Bertz CT molecular complexity index is 284. The molecule has 0 bridgehead atoms. The molecule has 0 aliphatic carbocycles. The minimum absolute atomic E-state index is 0.268. The topological polar surface area (TPSA) is 78.1 Å². The van der Waals surface area contributed by atoms with Crippen LogP contribution < -0.4 is 11.1 Å². The third-order valence-electron chi connectivity index (χ3n) is 3.57. The Morgan fingerprint density at radius 1 is 1.56 bits per heavy atom. The third kappa shape index (κ3) is 3.57. The van der Waals surface area contributed by atoms with Crippen molar-refractivity contribution in [1.82, 2.24) is 5.32 Å². The number of ether oxygens (including phenoxy) is 3. The SMILES string of the molecule is COC1(CN=C(N)NCC2CCCO2)CCOC1. The van der Waals surface area contributed by atoms with Crippen LogP contribution >= 0.6 is 0 Å². The monoisotopic (exact) mass is 257 g/mol. The Labute approximate surface area is 108 Å². The third-order valence-corrected chi connectivity index (χ3v) is 3.57. The summed E-state index contributed by atoms with van der Waals surface area (Å²) < 4.78 is 16.3. The fraction of sp³-hybridized carbons (Fsp3) is 0.917. The van der Waals surface area contributed by atoms with Crippen LogP contribution in [0.25, 0.3) is 0 Å². The van der Waals surface area contributed by atoms with Gasteiger partial charge in [-0.3, -0.25) is 4.99 Å². The molecule has 104 valence electrons. The number of methoxy groups -OCH3 is 1. The molecule has 6 nitrogen and oxygen atoms in total. The molecule has 2 heterocycles. The fourth-order valence-electron chi connectivity index (χ4n) is 2.25. The van der Waals surface area contributed by atoms with E-state index in [0.29, 0.717) is 19.1 Å². The van der Waals surface area contributed by atoms with Crippen LogP contribution in [0, 0.1) is 0 Å². The van der Waals surface area contributed by atoms with Crippen molar-refractivity contribution in [2.75, 3.05) is 40.0 Å². The smallest absolute Gasteiger partial charge is 0.188 e. The van der Waals surface area contributed by atoms with Crippen LogP contribution in [-0.2, 0) is 14.2 Å². The molecule has 2 aliphatic heterocycles. The first-order chi connectivity index (χ1) is 8.74. The molecule has 2 atom stereocenters. The molecule has 0 amide bonds. The molecule has 3 N–H and O–H groups in total. The van der Waals surface area contributed by atoms with Crippen LogP contribution in [0.5, 0.6) is 0 Å². The number of guanidine groups is 1. The van der Waals surface area contributed by atoms with Gasteiger partial charge in [0.25, 0.3) is 0 Å². The van der Waals surface area contributed by atoms with Crippen molar-refractivity contribution in [1.29, 1.82) is 0 Å². The molecule has 2 unspecified atom stereocenters. The summed E-state index contributed by atoms with van der Waals surface area (Å²) in [4.78, 5) is 4.33. The summed E-state index contributed by atoms with van der Waals surface area (Å²) in [5, 5.41) is 3.10. The lowest BCUT2D eigenvalue weighted by Gasteiger charge is -2.23. The maximum Gasteiger partial charge on any atom is 0.188 e. The Kier molecular flexibility index (Phi) is 4.79. The molecule has 0 radical (unpaired) electrons. The van der Waals surface area contributed by atoms with Gasteiger partial charge in [-0.1, -0.05) is 0 Å². The second-order valence-corrected chi connectivity index (χ2v) is 4.91. The van der Waals surface area contributed by atoms with Crippen molar-refractivity contribution in [3.63, 3.8) is 0 Å². The molecule has 18 heavy (non-hydrogen) atoms. The Morgan fingerprint density at radius 3 is 3.06 bits per heavy atom. The van der Waals surface area contributed by atoms with Crippen molar-refractivity contribution in [2.24, 2.45) is 10.7 Å². The van der Waals surface area contributed by atoms with E-state index in [4.69, 9.17) is 19.9 Å². The number of hydrogen-bond acceptors (Lipinski definition) is 4. The number of rotatable bonds is 5. The molecule has 0 spiro atoms. The van der Waals surface area contributed by atoms with Crippen LogP contribution in [-0.4, -0.2) is 57.7 Å². The summed E-state index contributed by atoms with van der Waals surface area (Å²) in [5.41, 5.74) is 5.53. The highest BCUT2D eigenvalue weighted by atomic mass is 16.5. The molecular weight excluding hydrogens is 234 g/mol. The number of nitrogens with one attached hydrogen (secondary N) is 1. The molecule has 2 rings (SSSR count). The van der Waals surface area contributed by atoms with Gasteiger partial charge in [0.05, 0.1) is 19.3 Å². The first kappa shape index (κ1) is 13.6. The van der Waals surface area contributed by atoms with Gasteiger partial charge in [-0.25, -0.2) is 0 Å². The van der Waals surface area contributed by atoms with Crippen LogP contribution in [0.2, 0.25) is 0 Å². The zero-order chi connectivity index (χ0) is 12.8. The fourth-order valence-corrected chi connectivity index (χ4v) is 2.25. The predicted octanol–water partition coefficient (Wildman–Crippen LogP) is -0.125. The molecule has 2 aliphatic rings. The number of aliphatic imine (C=N–C) groups is 1. The van der Waals surface area contributed by atoms with Gasteiger partial charge in [-0.05, 0) is 12.8 Å². The lowest BCUT2D eigenvalue weighted by Crippen LogP contribution is -2.40. The molecule has 6 heteroatoms. The van der Waals surface area contributed by atoms with Gasteiger partial charge < -0.3 is 25.3 Å². The molecule has 2 saturated heterocycles. The maximum absolute atomic E-state index is 5.83. The largest absolute Gasteiger partial charge is 0.378 e. The highest BCUT2D eigenvalue weighted by Crippen LogP contribution is 2.22. The van der Waals surface area contributed by atoms with E-state index in [-0.39, 0.29) is 11.7 Å². The van der Waals surface area contributed by atoms with Crippen LogP contribution in [0.1, 0.15) is 19.3 Å².